The van der Waals surface area contributed by atoms with Crippen LogP contribution in [-0.2, 0) is 10.0 Å². The first kappa shape index (κ1) is 13.5. The number of rotatable bonds is 3. The SMILES string of the molecule is Cc1ncc(S(=O)(=O)Nc2ccc(Br)c(C)c2)s1. The lowest BCUT2D eigenvalue weighted by Gasteiger charge is -2.07. The van der Waals surface area contributed by atoms with E-state index in [0.717, 1.165) is 26.4 Å². The molecule has 7 heteroatoms. The van der Waals surface area contributed by atoms with Gasteiger partial charge in [0.05, 0.1) is 11.2 Å². The monoisotopic (exact) mass is 346 g/mol. The van der Waals surface area contributed by atoms with E-state index in [9.17, 15) is 8.42 Å². The number of hydrogen-bond donors (Lipinski definition) is 1. The predicted molar refractivity (Wildman–Crippen MR) is 76.5 cm³/mol. The zero-order valence-corrected chi connectivity index (χ0v) is 13.0. The van der Waals surface area contributed by atoms with Gasteiger partial charge in [-0.15, -0.1) is 11.3 Å². The fourth-order valence-corrected chi connectivity index (χ4v) is 3.78. The van der Waals surface area contributed by atoms with E-state index in [0.29, 0.717) is 5.69 Å². The summed E-state index contributed by atoms with van der Waals surface area (Å²) < 4.78 is 27.8. The van der Waals surface area contributed by atoms with Crippen LogP contribution in [0.2, 0.25) is 0 Å². The van der Waals surface area contributed by atoms with E-state index >= 15 is 0 Å². The van der Waals surface area contributed by atoms with Gasteiger partial charge < -0.3 is 0 Å². The summed E-state index contributed by atoms with van der Waals surface area (Å²) in [6.45, 7) is 3.67. The second-order valence-electron chi connectivity index (χ2n) is 3.77. The van der Waals surface area contributed by atoms with Crippen molar-refractivity contribution in [2.45, 2.75) is 18.1 Å². The second kappa shape index (κ2) is 4.99. The summed E-state index contributed by atoms with van der Waals surface area (Å²) in [6, 6.07) is 5.29. The Morgan fingerprint density at radius 1 is 1.33 bits per heavy atom. The Morgan fingerprint density at radius 3 is 2.61 bits per heavy atom. The van der Waals surface area contributed by atoms with E-state index in [4.69, 9.17) is 0 Å². The molecule has 96 valence electrons. The van der Waals surface area contributed by atoms with E-state index in [1.54, 1.807) is 19.1 Å². The summed E-state index contributed by atoms with van der Waals surface area (Å²) in [5, 5.41) is 0.724. The summed E-state index contributed by atoms with van der Waals surface area (Å²) in [6.07, 6.45) is 1.37. The molecule has 0 atom stereocenters. The van der Waals surface area contributed by atoms with Crippen LogP contribution in [0.4, 0.5) is 5.69 Å². The molecule has 0 aliphatic heterocycles. The largest absolute Gasteiger partial charge is 0.279 e. The van der Waals surface area contributed by atoms with Crippen LogP contribution >= 0.6 is 27.3 Å². The quantitative estimate of drug-likeness (QED) is 0.927. The van der Waals surface area contributed by atoms with E-state index in [2.05, 4.69) is 25.6 Å². The first-order valence-corrected chi connectivity index (χ1v) is 8.19. The fraction of sp³-hybridized carbons (Fsp3) is 0.182. The van der Waals surface area contributed by atoms with Gasteiger partial charge >= 0.3 is 0 Å². The van der Waals surface area contributed by atoms with Gasteiger partial charge in [-0.2, -0.15) is 0 Å². The molecular weight excluding hydrogens is 336 g/mol. The number of hydrogen-bond acceptors (Lipinski definition) is 4. The average Bonchev–Trinajstić information content (AvgIpc) is 2.71. The van der Waals surface area contributed by atoms with Crippen molar-refractivity contribution in [3.05, 3.63) is 39.4 Å². The Morgan fingerprint density at radius 2 is 2.06 bits per heavy atom. The van der Waals surface area contributed by atoms with Crippen molar-refractivity contribution in [1.82, 2.24) is 4.98 Å². The fourth-order valence-electron chi connectivity index (χ4n) is 1.38. The maximum Gasteiger partial charge on any atom is 0.273 e. The highest BCUT2D eigenvalue weighted by Crippen LogP contribution is 2.24. The molecule has 1 aromatic carbocycles. The molecule has 0 saturated heterocycles. The minimum Gasteiger partial charge on any atom is -0.279 e. The number of aromatic nitrogens is 1. The molecule has 1 aromatic heterocycles. The molecule has 0 bridgehead atoms. The minimum atomic E-state index is -3.53. The van der Waals surface area contributed by atoms with Crippen molar-refractivity contribution in [3.63, 3.8) is 0 Å². The van der Waals surface area contributed by atoms with Gasteiger partial charge in [0.1, 0.15) is 0 Å². The number of benzene rings is 1. The Kier molecular flexibility index (Phi) is 3.74. The number of sulfonamides is 1. The van der Waals surface area contributed by atoms with Gasteiger partial charge in [0.2, 0.25) is 0 Å². The lowest BCUT2D eigenvalue weighted by Crippen LogP contribution is -2.11. The third-order valence-electron chi connectivity index (χ3n) is 2.28. The van der Waals surface area contributed by atoms with Crippen molar-refractivity contribution in [3.8, 4) is 0 Å². The highest BCUT2D eigenvalue weighted by Gasteiger charge is 2.17. The summed E-state index contributed by atoms with van der Waals surface area (Å²) >= 11 is 4.52. The lowest BCUT2D eigenvalue weighted by atomic mass is 10.2. The van der Waals surface area contributed by atoms with Crippen LogP contribution in [-0.4, -0.2) is 13.4 Å². The molecule has 18 heavy (non-hydrogen) atoms. The molecule has 1 heterocycles. The smallest absolute Gasteiger partial charge is 0.273 e. The van der Waals surface area contributed by atoms with Crippen molar-refractivity contribution in [2.24, 2.45) is 0 Å². The van der Waals surface area contributed by atoms with Crippen LogP contribution < -0.4 is 4.72 Å². The summed E-state index contributed by atoms with van der Waals surface area (Å²) in [5.41, 5.74) is 1.51. The maximum absolute atomic E-state index is 12.1. The Balaban J connectivity index is 2.30. The van der Waals surface area contributed by atoms with Crippen molar-refractivity contribution in [1.29, 1.82) is 0 Å². The zero-order valence-electron chi connectivity index (χ0n) is 9.77. The van der Waals surface area contributed by atoms with Gasteiger partial charge in [-0.3, -0.25) is 4.72 Å². The highest BCUT2D eigenvalue weighted by atomic mass is 79.9. The first-order chi connectivity index (χ1) is 8.38. The average molecular weight is 347 g/mol. The van der Waals surface area contributed by atoms with Gasteiger partial charge in [0.25, 0.3) is 10.0 Å². The summed E-state index contributed by atoms with van der Waals surface area (Å²) in [4.78, 5) is 3.95. The van der Waals surface area contributed by atoms with E-state index in [-0.39, 0.29) is 4.21 Å². The van der Waals surface area contributed by atoms with Crippen LogP contribution in [0.3, 0.4) is 0 Å². The van der Waals surface area contributed by atoms with E-state index < -0.39 is 10.0 Å². The number of aryl methyl sites for hydroxylation is 2. The molecular formula is C11H11BrN2O2S2. The van der Waals surface area contributed by atoms with E-state index in [1.165, 1.54) is 6.20 Å². The summed E-state index contributed by atoms with van der Waals surface area (Å²) in [7, 11) is -3.53. The first-order valence-electron chi connectivity index (χ1n) is 5.10. The van der Waals surface area contributed by atoms with Crippen molar-refractivity contribution < 1.29 is 8.42 Å². The molecule has 0 radical (unpaired) electrons. The third-order valence-corrected chi connectivity index (χ3v) is 5.92. The molecule has 0 unspecified atom stereocenters. The molecule has 2 aromatic rings. The molecule has 1 N–H and O–H groups in total. The molecule has 0 spiro atoms. The van der Waals surface area contributed by atoms with Crippen LogP contribution in [0, 0.1) is 13.8 Å². The second-order valence-corrected chi connectivity index (χ2v) is 7.77. The van der Waals surface area contributed by atoms with Crippen LogP contribution in [0.5, 0.6) is 0 Å². The molecule has 0 fully saturated rings. The highest BCUT2D eigenvalue weighted by molar-refractivity contribution is 9.10. The zero-order chi connectivity index (χ0) is 13.3. The number of nitrogens with zero attached hydrogens (tertiary/aromatic N) is 1. The van der Waals surface area contributed by atoms with E-state index in [1.807, 2.05) is 13.0 Å². The number of nitrogens with one attached hydrogen (secondary N) is 1. The summed E-state index contributed by atoms with van der Waals surface area (Å²) in [5.74, 6) is 0. The van der Waals surface area contributed by atoms with Crippen LogP contribution in [0.15, 0.2) is 33.1 Å². The minimum absolute atomic E-state index is 0.223. The van der Waals surface area contributed by atoms with Gasteiger partial charge in [0.15, 0.2) is 4.21 Å². The Hall–Kier alpha value is -0.920. The predicted octanol–water partition coefficient (Wildman–Crippen LogP) is 3.32. The maximum atomic E-state index is 12.1. The molecule has 4 nitrogen and oxygen atoms in total. The Labute approximate surface area is 118 Å². The number of anilines is 1. The van der Waals surface area contributed by atoms with Crippen molar-refractivity contribution in [2.75, 3.05) is 4.72 Å². The van der Waals surface area contributed by atoms with Gasteiger partial charge in [0, 0.05) is 10.2 Å². The molecule has 2 rings (SSSR count). The Bertz CT molecular complexity index is 680. The number of thiazole rings is 1. The third kappa shape index (κ3) is 2.90. The van der Waals surface area contributed by atoms with Gasteiger partial charge in [-0.25, -0.2) is 13.4 Å². The molecule has 0 aliphatic carbocycles. The lowest BCUT2D eigenvalue weighted by molar-refractivity contribution is 0.603. The van der Waals surface area contributed by atoms with Crippen LogP contribution in [0.25, 0.3) is 0 Å². The molecule has 0 saturated carbocycles. The molecule has 0 aliphatic rings. The van der Waals surface area contributed by atoms with Gasteiger partial charge in [-0.1, -0.05) is 15.9 Å². The normalized spacial score (nSPS) is 11.5. The topological polar surface area (TPSA) is 59.1 Å². The standard InChI is InChI=1S/C11H11BrN2O2S2/c1-7-5-9(3-4-10(7)12)14-18(15,16)11-6-13-8(2)17-11/h3-6,14H,1-2H3. The number of halogens is 1. The van der Waals surface area contributed by atoms with Gasteiger partial charge in [-0.05, 0) is 37.6 Å². The van der Waals surface area contributed by atoms with Crippen LogP contribution in [0.1, 0.15) is 10.6 Å². The van der Waals surface area contributed by atoms with Crippen molar-refractivity contribution >= 4 is 43.0 Å². The molecule has 0 amide bonds.